The fraction of sp³-hybridized carbons (Fsp3) is 0. The zero-order chi connectivity index (χ0) is 12.1. The number of fused-ring (bicyclic) bond motifs is 1. The predicted molar refractivity (Wildman–Crippen MR) is 62.6 cm³/mol. The average molecular weight is 347 g/mol. The molecule has 0 aliphatic rings. The fourth-order valence-corrected chi connectivity index (χ4v) is 4.43. The van der Waals surface area contributed by atoms with Crippen molar-refractivity contribution in [3.05, 3.63) is 26.1 Å². The van der Waals surface area contributed by atoms with Gasteiger partial charge >= 0.3 is 5.76 Å². The van der Waals surface area contributed by atoms with Gasteiger partial charge < -0.3 is 4.42 Å². The predicted octanol–water partition coefficient (Wildman–Crippen LogP) is 2.46. The van der Waals surface area contributed by atoms with Crippen molar-refractivity contribution < 1.29 is 12.8 Å². The molecule has 2 rings (SSSR count). The normalized spacial score (nSPS) is 12.2. The summed E-state index contributed by atoms with van der Waals surface area (Å²) in [5.41, 5.74) is 0.236. The largest absolute Gasteiger partial charge is 0.417 e. The van der Waals surface area contributed by atoms with E-state index in [1.54, 1.807) is 0 Å². The van der Waals surface area contributed by atoms with E-state index in [1.165, 1.54) is 6.07 Å². The third kappa shape index (κ3) is 1.88. The van der Waals surface area contributed by atoms with Crippen molar-refractivity contribution >= 4 is 58.4 Å². The summed E-state index contributed by atoms with van der Waals surface area (Å²) in [5, 5.41) is -0.238. The number of hydrogen-bond acceptors (Lipinski definition) is 4. The number of hydrogen-bond donors (Lipinski definition) is 1. The monoisotopic (exact) mass is 345 g/mol. The smallest absolute Gasteiger partial charge is 0.406 e. The van der Waals surface area contributed by atoms with E-state index in [4.69, 9.17) is 26.7 Å². The second-order valence-electron chi connectivity index (χ2n) is 2.83. The van der Waals surface area contributed by atoms with Gasteiger partial charge in [0.2, 0.25) is 0 Å². The molecule has 9 heteroatoms. The summed E-state index contributed by atoms with van der Waals surface area (Å²) in [6.07, 6.45) is 0. The molecule has 0 aliphatic carbocycles. The van der Waals surface area contributed by atoms with Crippen LogP contribution in [0, 0.1) is 0 Å². The number of benzene rings is 1. The van der Waals surface area contributed by atoms with Crippen LogP contribution >= 0.6 is 38.2 Å². The molecule has 0 unspecified atom stereocenters. The summed E-state index contributed by atoms with van der Waals surface area (Å²) in [5.74, 6) is -0.729. The van der Waals surface area contributed by atoms with E-state index in [0.717, 1.165) is 0 Å². The average Bonchev–Trinajstić information content (AvgIpc) is 2.43. The maximum absolute atomic E-state index is 11.2. The highest BCUT2D eigenvalue weighted by atomic mass is 79.9. The van der Waals surface area contributed by atoms with Crippen LogP contribution in [0.15, 0.2) is 24.6 Å². The Morgan fingerprint density at radius 2 is 2.06 bits per heavy atom. The number of H-pyrrole nitrogens is 1. The second-order valence-corrected chi connectivity index (χ2v) is 6.57. The van der Waals surface area contributed by atoms with Gasteiger partial charge in [-0.3, -0.25) is 4.98 Å². The summed E-state index contributed by atoms with van der Waals surface area (Å²) >= 11 is 8.80. The highest BCUT2D eigenvalue weighted by Gasteiger charge is 2.23. The third-order valence-corrected chi connectivity index (χ3v) is 4.54. The van der Waals surface area contributed by atoms with Crippen molar-refractivity contribution in [1.82, 2.24) is 4.98 Å². The molecule has 1 heterocycles. The Morgan fingerprint density at radius 1 is 1.44 bits per heavy atom. The van der Waals surface area contributed by atoms with Crippen molar-refractivity contribution in [2.45, 2.75) is 4.90 Å². The quantitative estimate of drug-likeness (QED) is 0.804. The second kappa shape index (κ2) is 3.76. The fourth-order valence-electron chi connectivity index (χ4n) is 1.23. The zero-order valence-electron chi connectivity index (χ0n) is 7.25. The molecule has 0 saturated carbocycles. The van der Waals surface area contributed by atoms with Crippen LogP contribution in [0.25, 0.3) is 11.1 Å². The van der Waals surface area contributed by atoms with E-state index in [0.29, 0.717) is 0 Å². The molecule has 1 aromatic heterocycles. The number of aromatic nitrogens is 1. The maximum atomic E-state index is 11.2. The summed E-state index contributed by atoms with van der Waals surface area (Å²) in [6.45, 7) is 0. The maximum Gasteiger partial charge on any atom is 0.417 e. The van der Waals surface area contributed by atoms with E-state index < -0.39 is 14.8 Å². The van der Waals surface area contributed by atoms with Gasteiger partial charge in [0.15, 0.2) is 5.58 Å². The van der Waals surface area contributed by atoms with Gasteiger partial charge in [-0.1, -0.05) is 11.6 Å². The molecular formula is C7H2BrCl2NO4S. The van der Waals surface area contributed by atoms with Crippen LogP contribution < -0.4 is 5.76 Å². The zero-order valence-corrected chi connectivity index (χ0v) is 11.2. The van der Waals surface area contributed by atoms with Crippen molar-refractivity contribution in [1.29, 1.82) is 0 Å². The summed E-state index contributed by atoms with van der Waals surface area (Å²) < 4.78 is 27.3. The lowest BCUT2D eigenvalue weighted by atomic mass is 10.3. The van der Waals surface area contributed by atoms with Crippen LogP contribution in [0.5, 0.6) is 0 Å². The highest BCUT2D eigenvalue weighted by molar-refractivity contribution is 9.10. The van der Waals surface area contributed by atoms with Crippen LogP contribution in [0.4, 0.5) is 0 Å². The van der Waals surface area contributed by atoms with Gasteiger partial charge in [-0.2, -0.15) is 0 Å². The third-order valence-electron chi connectivity index (χ3n) is 1.81. The summed E-state index contributed by atoms with van der Waals surface area (Å²) in [7, 11) is 1.18. The Balaban J connectivity index is 3.02. The molecular weight excluding hydrogens is 345 g/mol. The Bertz CT molecular complexity index is 733. The first-order valence-electron chi connectivity index (χ1n) is 3.76. The Hall–Kier alpha value is -0.500. The van der Waals surface area contributed by atoms with Gasteiger partial charge in [-0.05, 0) is 22.0 Å². The molecule has 16 heavy (non-hydrogen) atoms. The van der Waals surface area contributed by atoms with Gasteiger partial charge in [-0.15, -0.1) is 0 Å². The molecule has 0 aliphatic heterocycles. The van der Waals surface area contributed by atoms with E-state index in [1.807, 2.05) is 0 Å². The minimum absolute atomic E-state index is 0.0471. The molecule has 0 fully saturated rings. The Morgan fingerprint density at radius 3 is 2.62 bits per heavy atom. The number of nitrogens with one attached hydrogen (secondary N) is 1. The number of halogens is 3. The Labute approximate surface area is 107 Å². The van der Waals surface area contributed by atoms with Crippen LogP contribution in [0.1, 0.15) is 0 Å². The van der Waals surface area contributed by atoms with E-state index >= 15 is 0 Å². The lowest BCUT2D eigenvalue weighted by Crippen LogP contribution is -1.94. The van der Waals surface area contributed by atoms with Crippen molar-refractivity contribution in [2.75, 3.05) is 0 Å². The van der Waals surface area contributed by atoms with E-state index in [9.17, 15) is 13.2 Å². The standard InChI is InChI=1S/C7H2BrCl2NO4S/c8-2-1-3-5(15-7(12)11-3)4(9)6(2)16(10,13)14/h1H,(H,11,12). The summed E-state index contributed by atoms with van der Waals surface area (Å²) in [4.78, 5) is 13.0. The lowest BCUT2D eigenvalue weighted by Gasteiger charge is -2.02. The molecule has 86 valence electrons. The van der Waals surface area contributed by atoms with E-state index in [2.05, 4.69) is 20.9 Å². The number of rotatable bonds is 1. The number of oxazole rings is 1. The van der Waals surface area contributed by atoms with Crippen molar-refractivity contribution in [3.8, 4) is 0 Å². The molecule has 0 bridgehead atoms. The Kier molecular flexibility index (Phi) is 2.82. The van der Waals surface area contributed by atoms with Gasteiger partial charge in [0, 0.05) is 15.2 Å². The molecule has 1 N–H and O–H groups in total. The minimum Gasteiger partial charge on any atom is -0.406 e. The molecule has 0 atom stereocenters. The van der Waals surface area contributed by atoms with Crippen LogP contribution in [-0.4, -0.2) is 13.4 Å². The lowest BCUT2D eigenvalue weighted by molar-refractivity contribution is 0.554. The van der Waals surface area contributed by atoms with Gasteiger partial charge in [0.25, 0.3) is 9.05 Å². The first kappa shape index (κ1) is 12.0. The first-order chi connectivity index (χ1) is 7.30. The molecule has 0 amide bonds. The molecule has 5 nitrogen and oxygen atoms in total. The van der Waals surface area contributed by atoms with Crippen molar-refractivity contribution in [3.63, 3.8) is 0 Å². The van der Waals surface area contributed by atoms with Crippen LogP contribution in [0.2, 0.25) is 5.02 Å². The number of aromatic amines is 1. The van der Waals surface area contributed by atoms with Gasteiger partial charge in [0.05, 0.1) is 5.52 Å². The van der Waals surface area contributed by atoms with Crippen LogP contribution in [0.3, 0.4) is 0 Å². The molecule has 0 saturated heterocycles. The SMILES string of the molecule is O=c1[nH]c2cc(Br)c(S(=O)(=O)Cl)c(Cl)c2o1. The van der Waals surface area contributed by atoms with Gasteiger partial charge in [-0.25, -0.2) is 13.2 Å². The topological polar surface area (TPSA) is 80.1 Å². The van der Waals surface area contributed by atoms with E-state index in [-0.39, 0.29) is 25.5 Å². The first-order valence-corrected chi connectivity index (χ1v) is 7.24. The van der Waals surface area contributed by atoms with Gasteiger partial charge in [0.1, 0.15) is 9.92 Å². The highest BCUT2D eigenvalue weighted by Crippen LogP contribution is 2.37. The minimum atomic E-state index is -4.03. The summed E-state index contributed by atoms with van der Waals surface area (Å²) in [6, 6.07) is 1.35. The molecule has 0 radical (unpaired) electrons. The van der Waals surface area contributed by atoms with Crippen LogP contribution in [-0.2, 0) is 9.05 Å². The molecule has 2 aromatic rings. The molecule has 1 aromatic carbocycles. The van der Waals surface area contributed by atoms with Crippen molar-refractivity contribution in [2.24, 2.45) is 0 Å². The molecule has 0 spiro atoms.